The van der Waals surface area contributed by atoms with Crippen molar-refractivity contribution in [3.05, 3.63) is 80.3 Å². The minimum atomic E-state index is -1.76. The Labute approximate surface area is 162 Å². The van der Waals surface area contributed by atoms with Crippen LogP contribution in [0.3, 0.4) is 0 Å². The number of fused-ring (bicyclic) bond motifs is 5. The second kappa shape index (κ2) is 6.04. The number of allylic oxidation sites excluding steroid dienone is 3. The molecule has 1 atom stereocenters. The van der Waals surface area contributed by atoms with E-state index >= 15 is 0 Å². The van der Waals surface area contributed by atoms with Gasteiger partial charge in [-0.15, -0.1) is 0 Å². The number of benzene rings is 1. The Morgan fingerprint density at radius 2 is 2.07 bits per heavy atom. The SMILES string of the molecule is CC[C@@]1(O)C(=O)OCc2c1cc1n(c2=O)CC2=C/c3ccccc3CC/C=C\21. The molecular formula is C23H21NO4. The molecule has 2 aliphatic heterocycles. The molecule has 1 N–H and O–H groups in total. The number of aromatic nitrogens is 1. The fraction of sp³-hybridized carbons (Fsp3) is 0.304. The molecule has 3 aliphatic rings. The van der Waals surface area contributed by atoms with Crippen LogP contribution >= 0.6 is 0 Å². The molecule has 1 aromatic heterocycles. The molecular weight excluding hydrogens is 354 g/mol. The molecule has 0 radical (unpaired) electrons. The maximum Gasteiger partial charge on any atom is 0.343 e. The first-order valence-corrected chi connectivity index (χ1v) is 9.69. The van der Waals surface area contributed by atoms with E-state index in [9.17, 15) is 14.7 Å². The zero-order valence-electron chi connectivity index (χ0n) is 15.7. The lowest BCUT2D eigenvalue weighted by Crippen LogP contribution is -2.44. The third kappa shape index (κ3) is 2.29. The summed E-state index contributed by atoms with van der Waals surface area (Å²) < 4.78 is 6.86. The Hall–Kier alpha value is -2.92. The standard InChI is InChI=1S/C23H21NO4/c1-2-23(27)19-11-20-17-9-5-8-14-6-3-4-7-15(14)10-16(17)12-24(20)21(25)18(19)13-28-22(23)26/h3-4,6-7,9-11,27H,2,5,8,12-13H2,1H3/b16-10-,17-9+/t23-/m0/s1. The molecule has 0 spiro atoms. The molecule has 142 valence electrons. The van der Waals surface area contributed by atoms with Crippen molar-refractivity contribution in [3.8, 4) is 0 Å². The van der Waals surface area contributed by atoms with E-state index in [2.05, 4.69) is 24.3 Å². The van der Waals surface area contributed by atoms with E-state index < -0.39 is 11.6 Å². The van der Waals surface area contributed by atoms with Crippen molar-refractivity contribution >= 4 is 17.6 Å². The van der Waals surface area contributed by atoms with Gasteiger partial charge < -0.3 is 14.4 Å². The first kappa shape index (κ1) is 17.2. The Bertz CT molecular complexity index is 1140. The molecule has 0 fully saturated rings. The zero-order valence-corrected chi connectivity index (χ0v) is 15.7. The predicted molar refractivity (Wildman–Crippen MR) is 105 cm³/mol. The maximum absolute atomic E-state index is 13.2. The second-order valence-electron chi connectivity index (χ2n) is 7.63. The summed E-state index contributed by atoms with van der Waals surface area (Å²) in [4.78, 5) is 25.4. The van der Waals surface area contributed by atoms with Crippen LogP contribution in [0.1, 0.15) is 47.7 Å². The first-order chi connectivity index (χ1) is 13.5. The van der Waals surface area contributed by atoms with Gasteiger partial charge in [0.25, 0.3) is 5.56 Å². The summed E-state index contributed by atoms with van der Waals surface area (Å²) >= 11 is 0. The monoisotopic (exact) mass is 375 g/mol. The summed E-state index contributed by atoms with van der Waals surface area (Å²) in [5.74, 6) is -0.679. The Morgan fingerprint density at radius 1 is 1.25 bits per heavy atom. The van der Waals surface area contributed by atoms with Crippen molar-refractivity contribution in [2.75, 3.05) is 0 Å². The molecule has 1 aromatic carbocycles. The Morgan fingerprint density at radius 3 is 2.89 bits per heavy atom. The van der Waals surface area contributed by atoms with Gasteiger partial charge >= 0.3 is 5.97 Å². The highest BCUT2D eigenvalue weighted by atomic mass is 16.6. The van der Waals surface area contributed by atoms with E-state index in [4.69, 9.17) is 4.74 Å². The number of hydrogen-bond acceptors (Lipinski definition) is 4. The molecule has 0 amide bonds. The number of aryl methyl sites for hydroxylation is 1. The van der Waals surface area contributed by atoms with E-state index in [0.29, 0.717) is 17.7 Å². The predicted octanol–water partition coefficient (Wildman–Crippen LogP) is 2.93. The number of nitrogens with zero attached hydrogens (tertiary/aromatic N) is 1. The van der Waals surface area contributed by atoms with Crippen LogP contribution < -0.4 is 5.56 Å². The lowest BCUT2D eigenvalue weighted by atomic mass is 9.85. The van der Waals surface area contributed by atoms with Gasteiger partial charge in [0.2, 0.25) is 0 Å². The largest absolute Gasteiger partial charge is 0.458 e. The van der Waals surface area contributed by atoms with Gasteiger partial charge in [0.05, 0.1) is 17.8 Å². The summed E-state index contributed by atoms with van der Waals surface area (Å²) in [5.41, 5.74) is 4.18. The smallest absolute Gasteiger partial charge is 0.343 e. The van der Waals surface area contributed by atoms with Crippen LogP contribution in [0, 0.1) is 0 Å². The quantitative estimate of drug-likeness (QED) is 0.778. The minimum absolute atomic E-state index is 0.0868. The molecule has 5 heteroatoms. The van der Waals surface area contributed by atoms with E-state index in [1.165, 1.54) is 11.1 Å². The van der Waals surface area contributed by atoms with Crippen molar-refractivity contribution < 1.29 is 14.6 Å². The summed E-state index contributed by atoms with van der Waals surface area (Å²) in [7, 11) is 0. The van der Waals surface area contributed by atoms with Crippen LogP contribution in [-0.2, 0) is 34.7 Å². The molecule has 28 heavy (non-hydrogen) atoms. The average molecular weight is 375 g/mol. The summed E-state index contributed by atoms with van der Waals surface area (Å²) in [6, 6.07) is 10.1. The lowest BCUT2D eigenvalue weighted by molar-refractivity contribution is -0.172. The molecule has 5 rings (SSSR count). The second-order valence-corrected chi connectivity index (χ2v) is 7.63. The Kier molecular flexibility index (Phi) is 3.71. The molecule has 3 heterocycles. The summed E-state index contributed by atoms with van der Waals surface area (Å²) in [5, 5.41) is 10.9. The first-order valence-electron chi connectivity index (χ1n) is 9.69. The summed E-state index contributed by atoms with van der Waals surface area (Å²) in [6.07, 6.45) is 6.29. The van der Waals surface area contributed by atoms with Crippen molar-refractivity contribution in [2.45, 2.75) is 44.9 Å². The fourth-order valence-electron chi connectivity index (χ4n) is 4.52. The number of ether oxygens (including phenoxy) is 1. The molecule has 0 saturated heterocycles. The van der Waals surface area contributed by atoms with Crippen LogP contribution in [-0.4, -0.2) is 15.6 Å². The van der Waals surface area contributed by atoms with Crippen molar-refractivity contribution in [3.63, 3.8) is 0 Å². The number of hydrogen-bond donors (Lipinski definition) is 1. The van der Waals surface area contributed by atoms with Crippen molar-refractivity contribution in [1.82, 2.24) is 4.57 Å². The number of esters is 1. The zero-order chi connectivity index (χ0) is 19.5. The normalized spacial score (nSPS) is 26.3. The van der Waals surface area contributed by atoms with Crippen molar-refractivity contribution in [2.24, 2.45) is 0 Å². The van der Waals surface area contributed by atoms with Gasteiger partial charge in [-0.25, -0.2) is 4.79 Å². The fourth-order valence-corrected chi connectivity index (χ4v) is 4.52. The highest BCUT2D eigenvalue weighted by molar-refractivity contribution is 5.88. The average Bonchev–Trinajstić information content (AvgIpc) is 3.01. The van der Waals surface area contributed by atoms with Crippen molar-refractivity contribution in [1.29, 1.82) is 0 Å². The summed E-state index contributed by atoms with van der Waals surface area (Å²) in [6.45, 7) is 2.12. The van der Waals surface area contributed by atoms with Crippen LogP contribution in [0.4, 0.5) is 0 Å². The van der Waals surface area contributed by atoms with Crippen LogP contribution in [0.2, 0.25) is 0 Å². The van der Waals surface area contributed by atoms with E-state index in [0.717, 1.165) is 29.7 Å². The molecule has 5 nitrogen and oxygen atoms in total. The van der Waals surface area contributed by atoms with Gasteiger partial charge in [0.15, 0.2) is 5.60 Å². The third-order valence-corrected chi connectivity index (χ3v) is 6.14. The molecule has 0 bridgehead atoms. The number of aliphatic hydroxyl groups is 1. The topological polar surface area (TPSA) is 68.5 Å². The van der Waals surface area contributed by atoms with Crippen LogP contribution in [0.25, 0.3) is 11.6 Å². The number of pyridine rings is 1. The highest BCUT2D eigenvalue weighted by Crippen LogP contribution is 2.39. The third-order valence-electron chi connectivity index (χ3n) is 6.14. The molecule has 2 aromatic rings. The van der Waals surface area contributed by atoms with E-state index in [1.54, 1.807) is 11.5 Å². The molecule has 0 unspecified atom stereocenters. The highest BCUT2D eigenvalue weighted by Gasteiger charge is 2.45. The van der Waals surface area contributed by atoms with Gasteiger partial charge in [0, 0.05) is 5.56 Å². The molecule has 1 aliphatic carbocycles. The lowest BCUT2D eigenvalue weighted by Gasteiger charge is -2.31. The van der Waals surface area contributed by atoms with Crippen LogP contribution in [0.5, 0.6) is 0 Å². The Balaban J connectivity index is 1.72. The number of rotatable bonds is 1. The van der Waals surface area contributed by atoms with E-state index in [-0.39, 0.29) is 18.6 Å². The van der Waals surface area contributed by atoms with Gasteiger partial charge in [-0.3, -0.25) is 4.79 Å². The number of cyclic esters (lactones) is 1. The minimum Gasteiger partial charge on any atom is -0.458 e. The molecule has 0 saturated carbocycles. The van der Waals surface area contributed by atoms with Gasteiger partial charge in [0.1, 0.15) is 6.61 Å². The van der Waals surface area contributed by atoms with E-state index in [1.807, 2.05) is 18.2 Å². The van der Waals surface area contributed by atoms with Gasteiger partial charge in [-0.2, -0.15) is 0 Å². The van der Waals surface area contributed by atoms with Crippen LogP contribution in [0.15, 0.2) is 46.8 Å². The van der Waals surface area contributed by atoms with Gasteiger partial charge in [-0.1, -0.05) is 37.3 Å². The number of carbonyl (C=O) groups excluding carboxylic acids is 1. The van der Waals surface area contributed by atoms with Gasteiger partial charge in [-0.05, 0) is 53.7 Å². The maximum atomic E-state index is 13.2. The number of carbonyl (C=O) groups is 1.